The summed E-state index contributed by atoms with van der Waals surface area (Å²) in [5, 5.41) is 0. The van der Waals surface area contributed by atoms with Gasteiger partial charge in [0.2, 0.25) is 0 Å². The zero-order valence-electron chi connectivity index (χ0n) is 13.4. The van der Waals surface area contributed by atoms with Gasteiger partial charge in [-0.3, -0.25) is 9.59 Å². The lowest BCUT2D eigenvalue weighted by molar-refractivity contribution is -0.168. The molecule has 0 radical (unpaired) electrons. The van der Waals surface area contributed by atoms with Gasteiger partial charge >= 0.3 is 11.9 Å². The maximum atomic E-state index is 12.4. The van der Waals surface area contributed by atoms with Crippen molar-refractivity contribution in [1.29, 1.82) is 0 Å². The van der Waals surface area contributed by atoms with Gasteiger partial charge in [-0.05, 0) is 61.7 Å². The van der Waals surface area contributed by atoms with Gasteiger partial charge in [0.05, 0.1) is 11.8 Å². The van der Waals surface area contributed by atoms with Crippen molar-refractivity contribution in [2.75, 3.05) is 6.61 Å². The van der Waals surface area contributed by atoms with Crippen LogP contribution in [0.3, 0.4) is 0 Å². The van der Waals surface area contributed by atoms with Gasteiger partial charge < -0.3 is 9.47 Å². The minimum Gasteiger partial charge on any atom is -0.465 e. The van der Waals surface area contributed by atoms with Crippen LogP contribution < -0.4 is 0 Å². The average molecular weight is 316 g/mol. The minimum absolute atomic E-state index is 0.0140. The number of rotatable bonds is 3. The molecular weight excluding hydrogens is 292 g/mol. The van der Waals surface area contributed by atoms with Gasteiger partial charge in [-0.15, -0.1) is 0 Å². The number of esters is 2. The summed E-state index contributed by atoms with van der Waals surface area (Å²) in [6, 6.07) is 0. The van der Waals surface area contributed by atoms with Crippen LogP contribution in [0.15, 0.2) is 12.2 Å². The third-order valence-corrected chi connectivity index (χ3v) is 7.23. The summed E-state index contributed by atoms with van der Waals surface area (Å²) >= 11 is 0. The van der Waals surface area contributed by atoms with Crippen molar-refractivity contribution in [3.63, 3.8) is 0 Å². The molecule has 1 saturated heterocycles. The summed E-state index contributed by atoms with van der Waals surface area (Å²) < 4.78 is 11.3. The first-order chi connectivity index (χ1) is 11.2. The van der Waals surface area contributed by atoms with E-state index < -0.39 is 0 Å². The molecule has 23 heavy (non-hydrogen) atoms. The van der Waals surface area contributed by atoms with Crippen LogP contribution in [0.4, 0.5) is 0 Å². The minimum atomic E-state index is -0.225. The molecule has 1 heterocycles. The summed E-state index contributed by atoms with van der Waals surface area (Å²) in [4.78, 5) is 24.7. The Hall–Kier alpha value is -1.32. The summed E-state index contributed by atoms with van der Waals surface area (Å²) in [7, 11) is 0. The molecule has 4 aliphatic carbocycles. The molecule has 0 N–H and O–H groups in total. The van der Waals surface area contributed by atoms with E-state index in [9.17, 15) is 9.59 Å². The van der Waals surface area contributed by atoms with Gasteiger partial charge in [0.1, 0.15) is 12.7 Å². The number of carbonyl (C=O) groups is 2. The van der Waals surface area contributed by atoms with Gasteiger partial charge in [0.25, 0.3) is 0 Å². The molecule has 3 saturated carbocycles. The van der Waals surface area contributed by atoms with E-state index in [1.807, 2.05) is 0 Å². The Morgan fingerprint density at radius 1 is 1.13 bits per heavy atom. The van der Waals surface area contributed by atoms with Crippen molar-refractivity contribution in [3.05, 3.63) is 12.2 Å². The largest absolute Gasteiger partial charge is 0.465 e. The summed E-state index contributed by atoms with van der Waals surface area (Å²) in [6.07, 6.45) is 11.2. The molecule has 0 amide bonds. The number of fused-ring (bicyclic) bond motifs is 7. The Morgan fingerprint density at radius 2 is 2.00 bits per heavy atom. The van der Waals surface area contributed by atoms with Gasteiger partial charge in [0.15, 0.2) is 0 Å². The van der Waals surface area contributed by atoms with Crippen LogP contribution in [-0.2, 0) is 19.1 Å². The molecule has 4 nitrogen and oxygen atoms in total. The van der Waals surface area contributed by atoms with E-state index >= 15 is 0 Å². The number of allylic oxidation sites excluding steroid dienone is 2. The van der Waals surface area contributed by atoms with E-state index in [4.69, 9.17) is 9.47 Å². The molecule has 1 aliphatic heterocycles. The molecule has 0 spiro atoms. The van der Waals surface area contributed by atoms with Gasteiger partial charge in [0, 0.05) is 0 Å². The van der Waals surface area contributed by atoms with Crippen molar-refractivity contribution in [2.24, 2.45) is 41.4 Å². The zero-order valence-corrected chi connectivity index (χ0v) is 13.4. The number of carbonyl (C=O) groups excluding carboxylic acids is 2. The Bertz CT molecular complexity index is 568. The number of ether oxygens (including phenoxy) is 2. The van der Waals surface area contributed by atoms with Crippen LogP contribution in [0.2, 0.25) is 0 Å². The predicted molar refractivity (Wildman–Crippen MR) is 82.1 cm³/mol. The average Bonchev–Trinajstić information content (AvgIpc) is 3.29. The summed E-state index contributed by atoms with van der Waals surface area (Å²) in [5.41, 5.74) is 0. The molecule has 5 aliphatic rings. The normalized spacial score (nSPS) is 49.3. The van der Waals surface area contributed by atoms with Gasteiger partial charge in [-0.2, -0.15) is 0 Å². The van der Waals surface area contributed by atoms with E-state index in [0.717, 1.165) is 19.3 Å². The lowest BCUT2D eigenvalue weighted by atomic mass is 9.82. The second kappa shape index (κ2) is 5.09. The van der Waals surface area contributed by atoms with Crippen molar-refractivity contribution in [3.8, 4) is 0 Å². The maximum Gasteiger partial charge on any atom is 0.312 e. The molecule has 4 heteroatoms. The lowest BCUT2D eigenvalue weighted by Gasteiger charge is -2.30. The summed E-state index contributed by atoms with van der Waals surface area (Å²) in [6.45, 7) is 0.232. The first-order valence-corrected chi connectivity index (χ1v) is 9.26. The van der Waals surface area contributed by atoms with E-state index in [1.54, 1.807) is 0 Å². The first kappa shape index (κ1) is 14.1. The van der Waals surface area contributed by atoms with E-state index in [1.165, 1.54) is 19.3 Å². The molecule has 0 aromatic rings. The van der Waals surface area contributed by atoms with E-state index in [0.29, 0.717) is 29.6 Å². The van der Waals surface area contributed by atoms with Crippen molar-refractivity contribution >= 4 is 11.9 Å². The fraction of sp³-hybridized carbons (Fsp3) is 0.789. The van der Waals surface area contributed by atoms with Crippen LogP contribution in [-0.4, -0.2) is 24.6 Å². The molecule has 8 unspecified atom stereocenters. The van der Waals surface area contributed by atoms with E-state index in [-0.39, 0.29) is 36.5 Å². The molecular formula is C19H24O4. The fourth-order valence-corrected chi connectivity index (χ4v) is 6.16. The molecule has 4 bridgehead atoms. The highest BCUT2D eigenvalue weighted by Gasteiger charge is 2.55. The smallest absolute Gasteiger partial charge is 0.312 e. The molecule has 5 rings (SSSR count). The molecule has 4 fully saturated rings. The third kappa shape index (κ3) is 2.10. The first-order valence-electron chi connectivity index (χ1n) is 9.26. The Kier molecular flexibility index (Phi) is 3.11. The van der Waals surface area contributed by atoms with Crippen molar-refractivity contribution in [1.82, 2.24) is 0 Å². The van der Waals surface area contributed by atoms with Crippen LogP contribution in [0.5, 0.6) is 0 Å². The monoisotopic (exact) mass is 316 g/mol. The summed E-state index contributed by atoms with van der Waals surface area (Å²) in [5.74, 6) is 2.05. The van der Waals surface area contributed by atoms with Crippen LogP contribution >= 0.6 is 0 Å². The zero-order chi connectivity index (χ0) is 15.6. The van der Waals surface area contributed by atoms with Gasteiger partial charge in [-0.25, -0.2) is 0 Å². The fourth-order valence-electron chi connectivity index (χ4n) is 6.16. The number of hydrogen-bond donors (Lipinski definition) is 0. The number of hydrogen-bond acceptors (Lipinski definition) is 4. The van der Waals surface area contributed by atoms with Crippen LogP contribution in [0, 0.1) is 41.4 Å². The topological polar surface area (TPSA) is 52.6 Å². The molecule has 0 aromatic heterocycles. The lowest BCUT2D eigenvalue weighted by Crippen LogP contribution is -2.38. The maximum absolute atomic E-state index is 12.4. The standard InChI is InChI=1S/C19H24O4/c20-18(14-7-10-4-5-11(14)6-10)22-9-16-15-8-17(23-19(16)21)13-3-1-2-12(13)15/h4-5,10-17H,1-3,6-9H2. The highest BCUT2D eigenvalue weighted by atomic mass is 16.6. The predicted octanol–water partition coefficient (Wildman–Crippen LogP) is 2.72. The van der Waals surface area contributed by atoms with Gasteiger partial charge in [-0.1, -0.05) is 18.6 Å². The highest BCUT2D eigenvalue weighted by Crippen LogP contribution is 2.54. The van der Waals surface area contributed by atoms with Crippen LogP contribution in [0.1, 0.15) is 38.5 Å². The highest BCUT2D eigenvalue weighted by molar-refractivity contribution is 5.77. The molecule has 0 aromatic carbocycles. The molecule has 8 atom stereocenters. The van der Waals surface area contributed by atoms with Crippen molar-refractivity contribution in [2.45, 2.75) is 44.6 Å². The molecule has 124 valence electrons. The van der Waals surface area contributed by atoms with Crippen molar-refractivity contribution < 1.29 is 19.1 Å². The second-order valence-electron chi connectivity index (χ2n) is 8.26. The Morgan fingerprint density at radius 3 is 2.78 bits per heavy atom. The van der Waals surface area contributed by atoms with Crippen LogP contribution in [0.25, 0.3) is 0 Å². The third-order valence-electron chi connectivity index (χ3n) is 7.23. The van der Waals surface area contributed by atoms with E-state index in [2.05, 4.69) is 12.2 Å². The quantitative estimate of drug-likeness (QED) is 0.593. The Labute approximate surface area is 136 Å². The SMILES string of the molecule is O=C(OCC1C(=O)OC2CC1C1CCCC21)C1CC2C=CC1C2. The second-order valence-corrected chi connectivity index (χ2v) is 8.26. The Balaban J connectivity index is 1.24.